The number of halogens is 2. The van der Waals surface area contributed by atoms with Crippen LogP contribution in [0.25, 0.3) is 0 Å². The highest BCUT2D eigenvalue weighted by atomic mass is 35.5. The third-order valence-electron chi connectivity index (χ3n) is 2.26. The van der Waals surface area contributed by atoms with Crippen molar-refractivity contribution in [2.24, 2.45) is 5.73 Å². The van der Waals surface area contributed by atoms with Crippen molar-refractivity contribution in [2.75, 3.05) is 18.5 Å². The Balaban J connectivity index is 2.72. The number of likely N-dealkylation sites (N-methyl/N-ethyl adjacent to an activating group) is 1. The SMILES string of the molecule is CN(CC(N)CC(=O)O)c1cc(Cl)ccc1F. The van der Waals surface area contributed by atoms with Crippen LogP contribution in [-0.2, 0) is 4.79 Å². The van der Waals surface area contributed by atoms with Crippen molar-refractivity contribution in [1.29, 1.82) is 0 Å². The molecule has 0 aliphatic heterocycles. The molecule has 94 valence electrons. The van der Waals surface area contributed by atoms with Gasteiger partial charge in [0, 0.05) is 24.7 Å². The molecule has 0 saturated carbocycles. The van der Waals surface area contributed by atoms with Gasteiger partial charge in [0.2, 0.25) is 0 Å². The number of benzene rings is 1. The molecule has 1 aromatic carbocycles. The number of nitrogens with two attached hydrogens (primary N) is 1. The van der Waals surface area contributed by atoms with E-state index in [0.717, 1.165) is 0 Å². The maximum atomic E-state index is 13.5. The van der Waals surface area contributed by atoms with E-state index >= 15 is 0 Å². The Labute approximate surface area is 104 Å². The lowest BCUT2D eigenvalue weighted by molar-refractivity contribution is -0.137. The Morgan fingerprint density at radius 3 is 2.88 bits per heavy atom. The standard InChI is InChI=1S/C11H14ClFN2O2/c1-15(6-8(14)5-11(16)17)10-4-7(12)2-3-9(10)13/h2-4,8H,5-6,14H2,1H3,(H,16,17). The van der Waals surface area contributed by atoms with Gasteiger partial charge in [-0.2, -0.15) is 0 Å². The molecule has 1 rings (SSSR count). The summed E-state index contributed by atoms with van der Waals surface area (Å²) in [4.78, 5) is 12.0. The van der Waals surface area contributed by atoms with Gasteiger partial charge < -0.3 is 15.7 Å². The van der Waals surface area contributed by atoms with Crippen molar-refractivity contribution in [3.63, 3.8) is 0 Å². The summed E-state index contributed by atoms with van der Waals surface area (Å²) < 4.78 is 13.5. The summed E-state index contributed by atoms with van der Waals surface area (Å²) in [6, 6.07) is 3.63. The van der Waals surface area contributed by atoms with E-state index < -0.39 is 17.8 Å². The number of carboxylic acid groups (broad SMARTS) is 1. The van der Waals surface area contributed by atoms with Gasteiger partial charge in [0.1, 0.15) is 5.82 Å². The van der Waals surface area contributed by atoms with Crippen LogP contribution < -0.4 is 10.6 Å². The number of hydrogen-bond acceptors (Lipinski definition) is 3. The number of nitrogens with zero attached hydrogens (tertiary/aromatic N) is 1. The molecule has 0 amide bonds. The van der Waals surface area contributed by atoms with Gasteiger partial charge in [-0.05, 0) is 18.2 Å². The maximum absolute atomic E-state index is 13.5. The maximum Gasteiger partial charge on any atom is 0.304 e. The van der Waals surface area contributed by atoms with Crippen LogP contribution in [0.4, 0.5) is 10.1 Å². The van der Waals surface area contributed by atoms with Crippen molar-refractivity contribution in [3.8, 4) is 0 Å². The van der Waals surface area contributed by atoms with Gasteiger partial charge in [0.15, 0.2) is 0 Å². The van der Waals surface area contributed by atoms with Crippen molar-refractivity contribution in [2.45, 2.75) is 12.5 Å². The van der Waals surface area contributed by atoms with Crippen molar-refractivity contribution < 1.29 is 14.3 Å². The van der Waals surface area contributed by atoms with Crippen molar-refractivity contribution >= 4 is 23.3 Å². The van der Waals surface area contributed by atoms with E-state index in [0.29, 0.717) is 10.7 Å². The average Bonchev–Trinajstić information content (AvgIpc) is 2.20. The fourth-order valence-corrected chi connectivity index (χ4v) is 1.68. The lowest BCUT2D eigenvalue weighted by Crippen LogP contribution is -2.37. The molecule has 0 spiro atoms. The van der Waals surface area contributed by atoms with Gasteiger partial charge in [0.25, 0.3) is 0 Å². The second-order valence-electron chi connectivity index (χ2n) is 3.83. The first-order valence-electron chi connectivity index (χ1n) is 5.03. The van der Waals surface area contributed by atoms with E-state index in [1.807, 2.05) is 0 Å². The molecule has 0 heterocycles. The summed E-state index contributed by atoms with van der Waals surface area (Å²) in [5.41, 5.74) is 5.93. The molecular formula is C11H14ClFN2O2. The molecule has 0 aliphatic rings. The number of carboxylic acids is 1. The van der Waals surface area contributed by atoms with Crippen LogP contribution in [0.2, 0.25) is 5.02 Å². The predicted molar refractivity (Wildman–Crippen MR) is 64.9 cm³/mol. The first-order chi connectivity index (χ1) is 7.90. The Bertz CT molecular complexity index is 414. The van der Waals surface area contributed by atoms with Crippen LogP contribution in [0.3, 0.4) is 0 Å². The topological polar surface area (TPSA) is 66.6 Å². The van der Waals surface area contributed by atoms with Gasteiger partial charge in [-0.25, -0.2) is 4.39 Å². The zero-order chi connectivity index (χ0) is 13.0. The molecule has 0 aromatic heterocycles. The second kappa shape index (κ2) is 5.84. The van der Waals surface area contributed by atoms with E-state index in [1.54, 1.807) is 11.9 Å². The Hall–Kier alpha value is -1.33. The minimum atomic E-state index is -0.975. The van der Waals surface area contributed by atoms with E-state index in [4.69, 9.17) is 22.4 Å². The van der Waals surface area contributed by atoms with Crippen LogP contribution in [0.1, 0.15) is 6.42 Å². The number of rotatable bonds is 5. The van der Waals surface area contributed by atoms with E-state index in [2.05, 4.69) is 0 Å². The fourth-order valence-electron chi connectivity index (χ4n) is 1.52. The summed E-state index contributed by atoms with van der Waals surface area (Å²) in [7, 11) is 1.64. The number of anilines is 1. The van der Waals surface area contributed by atoms with Crippen LogP contribution in [0.5, 0.6) is 0 Å². The molecule has 4 nitrogen and oxygen atoms in total. The second-order valence-corrected chi connectivity index (χ2v) is 4.27. The minimum absolute atomic E-state index is 0.160. The molecule has 0 aliphatic carbocycles. The monoisotopic (exact) mass is 260 g/mol. The smallest absolute Gasteiger partial charge is 0.304 e. The van der Waals surface area contributed by atoms with Gasteiger partial charge in [0.05, 0.1) is 12.1 Å². The lowest BCUT2D eigenvalue weighted by atomic mass is 10.2. The zero-order valence-corrected chi connectivity index (χ0v) is 10.1. The summed E-state index contributed by atoms with van der Waals surface area (Å²) in [6.45, 7) is 0.240. The minimum Gasteiger partial charge on any atom is -0.481 e. The van der Waals surface area contributed by atoms with Crippen LogP contribution in [0, 0.1) is 5.82 Å². The molecule has 6 heteroatoms. The first-order valence-corrected chi connectivity index (χ1v) is 5.41. The van der Waals surface area contributed by atoms with Crippen LogP contribution >= 0.6 is 11.6 Å². The van der Waals surface area contributed by atoms with Gasteiger partial charge >= 0.3 is 5.97 Å². The third-order valence-corrected chi connectivity index (χ3v) is 2.50. The number of carbonyl (C=O) groups is 1. The fraction of sp³-hybridized carbons (Fsp3) is 0.364. The number of aliphatic carboxylic acids is 1. The Kier molecular flexibility index (Phi) is 4.72. The summed E-state index contributed by atoms with van der Waals surface area (Å²) >= 11 is 5.76. The third kappa shape index (κ3) is 4.20. The molecule has 1 aromatic rings. The molecule has 3 N–H and O–H groups in total. The van der Waals surface area contributed by atoms with E-state index in [-0.39, 0.29) is 13.0 Å². The molecule has 17 heavy (non-hydrogen) atoms. The van der Waals surface area contributed by atoms with Gasteiger partial charge in [-0.15, -0.1) is 0 Å². The highest BCUT2D eigenvalue weighted by Crippen LogP contribution is 2.22. The normalized spacial score (nSPS) is 12.2. The quantitative estimate of drug-likeness (QED) is 0.846. The first kappa shape index (κ1) is 13.7. The van der Waals surface area contributed by atoms with E-state index in [1.165, 1.54) is 18.2 Å². The molecule has 1 unspecified atom stereocenters. The van der Waals surface area contributed by atoms with Crippen LogP contribution in [0.15, 0.2) is 18.2 Å². The van der Waals surface area contributed by atoms with Gasteiger partial charge in [-0.3, -0.25) is 4.79 Å². The Morgan fingerprint density at radius 2 is 2.29 bits per heavy atom. The summed E-state index contributed by atoms with van der Waals surface area (Å²) in [5.74, 6) is -1.39. The summed E-state index contributed by atoms with van der Waals surface area (Å²) in [5, 5.41) is 8.99. The van der Waals surface area contributed by atoms with Gasteiger partial charge in [-0.1, -0.05) is 11.6 Å². The highest BCUT2D eigenvalue weighted by Gasteiger charge is 2.14. The highest BCUT2D eigenvalue weighted by molar-refractivity contribution is 6.30. The molecule has 0 bridgehead atoms. The largest absolute Gasteiger partial charge is 0.481 e. The molecule has 0 saturated heterocycles. The number of hydrogen-bond donors (Lipinski definition) is 2. The molecule has 1 atom stereocenters. The Morgan fingerprint density at radius 1 is 1.65 bits per heavy atom. The van der Waals surface area contributed by atoms with Crippen molar-refractivity contribution in [3.05, 3.63) is 29.0 Å². The molecule has 0 radical (unpaired) electrons. The molecular weight excluding hydrogens is 247 g/mol. The summed E-state index contributed by atoms with van der Waals surface area (Å²) in [6.07, 6.45) is -0.160. The zero-order valence-electron chi connectivity index (χ0n) is 9.36. The molecule has 0 fully saturated rings. The van der Waals surface area contributed by atoms with Crippen LogP contribution in [-0.4, -0.2) is 30.7 Å². The average molecular weight is 261 g/mol. The lowest BCUT2D eigenvalue weighted by Gasteiger charge is -2.23. The van der Waals surface area contributed by atoms with Crippen molar-refractivity contribution in [1.82, 2.24) is 0 Å². The van der Waals surface area contributed by atoms with E-state index in [9.17, 15) is 9.18 Å². The predicted octanol–water partition coefficient (Wildman–Crippen LogP) is 1.72.